The van der Waals surface area contributed by atoms with E-state index in [1.165, 1.54) is 12.3 Å². The van der Waals surface area contributed by atoms with Crippen LogP contribution in [0.25, 0.3) is 0 Å². The number of carboxylic acid groups (broad SMARTS) is 1. The molecule has 0 aliphatic heterocycles. The van der Waals surface area contributed by atoms with Crippen LogP contribution in [0.15, 0.2) is 12.3 Å². The largest absolute Gasteiger partial charge is 0.478 e. The van der Waals surface area contributed by atoms with Gasteiger partial charge in [-0.15, -0.1) is 0 Å². The molecule has 1 aliphatic rings. The van der Waals surface area contributed by atoms with Crippen LogP contribution in [-0.2, 0) is 4.74 Å². The van der Waals surface area contributed by atoms with Gasteiger partial charge >= 0.3 is 5.97 Å². The predicted octanol–water partition coefficient (Wildman–Crippen LogP) is 2.02. The second-order valence-corrected chi connectivity index (χ2v) is 4.26. The van der Waals surface area contributed by atoms with Crippen LogP contribution >= 0.6 is 11.6 Å². The molecule has 0 bridgehead atoms. The molecule has 0 spiro atoms. The van der Waals surface area contributed by atoms with Crippen molar-refractivity contribution in [2.75, 3.05) is 18.5 Å². The van der Waals surface area contributed by atoms with Crippen molar-refractivity contribution in [1.29, 1.82) is 0 Å². The number of carbonyl (C=O) groups is 1. The first kappa shape index (κ1) is 12.1. The molecule has 1 aliphatic carbocycles. The van der Waals surface area contributed by atoms with Gasteiger partial charge in [0.25, 0.3) is 0 Å². The van der Waals surface area contributed by atoms with Crippen molar-refractivity contribution in [1.82, 2.24) is 4.98 Å². The maximum Gasteiger partial charge on any atom is 0.337 e. The fourth-order valence-electron chi connectivity index (χ4n) is 1.31. The average molecular weight is 257 g/mol. The molecule has 0 radical (unpaired) electrons. The summed E-state index contributed by atoms with van der Waals surface area (Å²) < 4.78 is 5.45. The molecule has 0 saturated heterocycles. The Bertz CT molecular complexity index is 421. The first-order valence-electron chi connectivity index (χ1n) is 5.41. The Morgan fingerprint density at radius 3 is 3.00 bits per heavy atom. The van der Waals surface area contributed by atoms with Crippen molar-refractivity contribution in [3.8, 4) is 0 Å². The van der Waals surface area contributed by atoms with Crippen LogP contribution in [0.3, 0.4) is 0 Å². The molecule has 1 saturated carbocycles. The minimum absolute atomic E-state index is 0.0785. The van der Waals surface area contributed by atoms with Crippen molar-refractivity contribution in [3.63, 3.8) is 0 Å². The molecule has 0 atom stereocenters. The molecule has 6 heteroatoms. The van der Waals surface area contributed by atoms with Gasteiger partial charge in [0, 0.05) is 12.7 Å². The van der Waals surface area contributed by atoms with Crippen LogP contribution in [-0.4, -0.2) is 35.3 Å². The van der Waals surface area contributed by atoms with E-state index in [1.807, 2.05) is 0 Å². The highest BCUT2D eigenvalue weighted by atomic mass is 35.5. The lowest BCUT2D eigenvalue weighted by Crippen LogP contribution is -2.12. The molecule has 5 nitrogen and oxygen atoms in total. The molecule has 0 unspecified atom stereocenters. The highest BCUT2D eigenvalue weighted by Gasteiger charge is 2.21. The van der Waals surface area contributed by atoms with Crippen LogP contribution in [0.5, 0.6) is 0 Å². The molecular weight excluding hydrogens is 244 g/mol. The van der Waals surface area contributed by atoms with Crippen LogP contribution in [0.4, 0.5) is 5.82 Å². The fourth-order valence-corrected chi connectivity index (χ4v) is 1.55. The van der Waals surface area contributed by atoms with Crippen molar-refractivity contribution >= 4 is 23.4 Å². The minimum Gasteiger partial charge on any atom is -0.478 e. The van der Waals surface area contributed by atoms with Gasteiger partial charge in [0.1, 0.15) is 5.82 Å². The zero-order chi connectivity index (χ0) is 12.3. The first-order chi connectivity index (χ1) is 8.16. The number of rotatable bonds is 6. The molecule has 1 heterocycles. The summed E-state index contributed by atoms with van der Waals surface area (Å²) in [5.74, 6) is -0.556. The topological polar surface area (TPSA) is 71.5 Å². The number of hydrogen-bond acceptors (Lipinski definition) is 4. The Labute approximate surface area is 104 Å². The summed E-state index contributed by atoms with van der Waals surface area (Å²) in [6, 6.07) is 1.38. The average Bonchev–Trinajstić information content (AvgIpc) is 3.09. The SMILES string of the molecule is O=C(O)c1cnc(NCCOC2CC2)c(Cl)c1. The Hall–Kier alpha value is -1.33. The highest BCUT2D eigenvalue weighted by molar-refractivity contribution is 6.33. The van der Waals surface area contributed by atoms with Crippen LogP contribution in [0.2, 0.25) is 5.02 Å². The molecule has 1 aromatic heterocycles. The van der Waals surface area contributed by atoms with E-state index in [0.29, 0.717) is 30.1 Å². The zero-order valence-corrected chi connectivity index (χ0v) is 9.91. The van der Waals surface area contributed by atoms with Crippen molar-refractivity contribution in [2.24, 2.45) is 0 Å². The quantitative estimate of drug-likeness (QED) is 0.762. The Morgan fingerprint density at radius 2 is 2.41 bits per heavy atom. The number of halogens is 1. The van der Waals surface area contributed by atoms with Crippen LogP contribution in [0.1, 0.15) is 23.2 Å². The Balaban J connectivity index is 1.84. The Kier molecular flexibility index (Phi) is 3.81. The smallest absolute Gasteiger partial charge is 0.337 e. The molecule has 1 fully saturated rings. The van der Waals surface area contributed by atoms with Crippen LogP contribution < -0.4 is 5.32 Å². The van der Waals surface area contributed by atoms with E-state index in [1.54, 1.807) is 0 Å². The number of aromatic carboxylic acids is 1. The number of anilines is 1. The van der Waals surface area contributed by atoms with Gasteiger partial charge in [0.2, 0.25) is 0 Å². The molecule has 2 N–H and O–H groups in total. The van der Waals surface area contributed by atoms with E-state index >= 15 is 0 Å². The van der Waals surface area contributed by atoms with Crippen molar-refractivity contribution in [2.45, 2.75) is 18.9 Å². The summed E-state index contributed by atoms with van der Waals surface area (Å²) in [7, 11) is 0. The number of carboxylic acids is 1. The van der Waals surface area contributed by atoms with Gasteiger partial charge in [-0.25, -0.2) is 9.78 Å². The molecule has 1 aromatic rings. The number of ether oxygens (including phenoxy) is 1. The van der Waals surface area contributed by atoms with Gasteiger partial charge in [-0.05, 0) is 18.9 Å². The second-order valence-electron chi connectivity index (χ2n) is 3.86. The van der Waals surface area contributed by atoms with Gasteiger partial charge in [0.05, 0.1) is 23.3 Å². The first-order valence-corrected chi connectivity index (χ1v) is 5.79. The van der Waals surface area contributed by atoms with E-state index in [0.717, 1.165) is 12.8 Å². The second kappa shape index (κ2) is 5.33. The molecule has 0 aromatic carbocycles. The molecule has 0 amide bonds. The van der Waals surface area contributed by atoms with E-state index in [2.05, 4.69) is 10.3 Å². The summed E-state index contributed by atoms with van der Waals surface area (Å²) >= 11 is 5.90. The summed E-state index contributed by atoms with van der Waals surface area (Å²) in [5.41, 5.74) is 0.0785. The van der Waals surface area contributed by atoms with Gasteiger partial charge in [-0.3, -0.25) is 0 Å². The zero-order valence-electron chi connectivity index (χ0n) is 9.15. The summed E-state index contributed by atoms with van der Waals surface area (Å²) in [6.45, 7) is 1.21. The lowest BCUT2D eigenvalue weighted by Gasteiger charge is -2.08. The monoisotopic (exact) mass is 256 g/mol. The highest BCUT2D eigenvalue weighted by Crippen LogP contribution is 2.23. The maximum atomic E-state index is 10.7. The maximum absolute atomic E-state index is 10.7. The standard InChI is InChI=1S/C11H13ClN2O3/c12-9-5-7(11(15)16)6-14-10(9)13-3-4-17-8-1-2-8/h5-6,8H,1-4H2,(H,13,14)(H,15,16). The van der Waals surface area contributed by atoms with Gasteiger partial charge in [-0.2, -0.15) is 0 Å². The number of hydrogen-bond donors (Lipinski definition) is 2. The summed E-state index contributed by atoms with van der Waals surface area (Å²) in [5, 5.41) is 12.0. The third-order valence-electron chi connectivity index (χ3n) is 2.36. The molecular formula is C11H13ClN2O3. The number of pyridine rings is 1. The summed E-state index contributed by atoms with van der Waals surface area (Å²) in [6.07, 6.45) is 3.99. The number of nitrogens with one attached hydrogen (secondary N) is 1. The van der Waals surface area contributed by atoms with Crippen molar-refractivity contribution < 1.29 is 14.6 Å². The predicted molar refractivity (Wildman–Crippen MR) is 63.7 cm³/mol. The van der Waals surface area contributed by atoms with Crippen LogP contribution in [0, 0.1) is 0 Å². The molecule has 2 rings (SSSR count). The molecule has 92 valence electrons. The van der Waals surface area contributed by atoms with Gasteiger partial charge in [0.15, 0.2) is 0 Å². The third kappa shape index (κ3) is 3.57. The Morgan fingerprint density at radius 1 is 1.65 bits per heavy atom. The number of nitrogens with zero attached hydrogens (tertiary/aromatic N) is 1. The molecule has 17 heavy (non-hydrogen) atoms. The summed E-state index contributed by atoms with van der Waals surface area (Å²) in [4.78, 5) is 14.6. The third-order valence-corrected chi connectivity index (χ3v) is 2.65. The van der Waals surface area contributed by atoms with Gasteiger partial charge in [-0.1, -0.05) is 11.6 Å². The van der Waals surface area contributed by atoms with Crippen molar-refractivity contribution in [3.05, 3.63) is 22.8 Å². The number of aromatic nitrogens is 1. The normalized spacial score (nSPS) is 14.6. The van der Waals surface area contributed by atoms with E-state index in [-0.39, 0.29) is 5.56 Å². The van der Waals surface area contributed by atoms with E-state index in [9.17, 15) is 4.79 Å². The van der Waals surface area contributed by atoms with Gasteiger partial charge < -0.3 is 15.2 Å². The van der Waals surface area contributed by atoms with E-state index in [4.69, 9.17) is 21.4 Å². The van der Waals surface area contributed by atoms with E-state index < -0.39 is 5.97 Å². The lowest BCUT2D eigenvalue weighted by atomic mass is 10.3. The lowest BCUT2D eigenvalue weighted by molar-refractivity contribution is 0.0696. The fraction of sp³-hybridized carbons (Fsp3) is 0.455. The minimum atomic E-state index is -1.04.